The van der Waals surface area contributed by atoms with Gasteiger partial charge in [0.1, 0.15) is 0 Å². The van der Waals surface area contributed by atoms with Crippen molar-refractivity contribution < 1.29 is 4.43 Å². The molecule has 0 radical (unpaired) electrons. The molecule has 0 saturated heterocycles. The molecule has 0 aromatic rings. The minimum Gasteiger partial charge on any atom is -0.547 e. The fraction of sp³-hybridized carbons (Fsp3) is 0.833. The first-order valence-electron chi connectivity index (χ1n) is 5.78. The minimum atomic E-state index is -1.41. The average molecular weight is 214 g/mol. The standard InChI is InChI=1S/C12H26OSi/c1-7-9-11(3)12(10-8-2)13-14(4,5)6/h7-10H2,1-6H3. The summed E-state index contributed by atoms with van der Waals surface area (Å²) < 4.78 is 6.11. The van der Waals surface area contributed by atoms with Crippen LogP contribution in [-0.4, -0.2) is 8.32 Å². The van der Waals surface area contributed by atoms with E-state index in [4.69, 9.17) is 4.43 Å². The Kier molecular flexibility index (Phi) is 6.17. The molecule has 14 heavy (non-hydrogen) atoms. The van der Waals surface area contributed by atoms with Crippen LogP contribution in [0.4, 0.5) is 0 Å². The lowest BCUT2D eigenvalue weighted by molar-refractivity contribution is 0.388. The van der Waals surface area contributed by atoms with Crippen molar-refractivity contribution >= 4 is 8.32 Å². The monoisotopic (exact) mass is 214 g/mol. The maximum Gasteiger partial charge on any atom is 0.241 e. The lowest BCUT2D eigenvalue weighted by Gasteiger charge is -2.23. The molecule has 2 heteroatoms. The number of hydrogen-bond acceptors (Lipinski definition) is 1. The van der Waals surface area contributed by atoms with Crippen molar-refractivity contribution in [2.75, 3.05) is 0 Å². The van der Waals surface area contributed by atoms with Crippen molar-refractivity contribution in [1.82, 2.24) is 0 Å². The Hall–Kier alpha value is -0.243. The SMILES string of the molecule is CCCC(C)=C(CCC)O[Si](C)(C)C. The fourth-order valence-electron chi connectivity index (χ4n) is 1.46. The molecule has 0 amide bonds. The van der Waals surface area contributed by atoms with E-state index in [0.717, 1.165) is 6.42 Å². The third-order valence-electron chi connectivity index (χ3n) is 2.01. The molecule has 0 heterocycles. The van der Waals surface area contributed by atoms with Gasteiger partial charge in [-0.1, -0.05) is 20.3 Å². The topological polar surface area (TPSA) is 9.23 Å². The zero-order valence-electron chi connectivity index (χ0n) is 10.7. The third kappa shape index (κ3) is 6.25. The molecule has 0 bridgehead atoms. The van der Waals surface area contributed by atoms with Crippen molar-refractivity contribution in [2.24, 2.45) is 0 Å². The summed E-state index contributed by atoms with van der Waals surface area (Å²) in [6.07, 6.45) is 4.69. The highest BCUT2D eigenvalue weighted by Crippen LogP contribution is 2.21. The lowest BCUT2D eigenvalue weighted by atomic mass is 10.1. The maximum atomic E-state index is 6.11. The Labute approximate surface area is 90.7 Å². The third-order valence-corrected chi connectivity index (χ3v) is 2.87. The summed E-state index contributed by atoms with van der Waals surface area (Å²) in [7, 11) is -1.41. The second kappa shape index (κ2) is 6.28. The molecule has 0 aliphatic heterocycles. The predicted octanol–water partition coefficient (Wildman–Crippen LogP) is 4.71. The Morgan fingerprint density at radius 3 is 1.86 bits per heavy atom. The van der Waals surface area contributed by atoms with Crippen molar-refractivity contribution in [3.63, 3.8) is 0 Å². The predicted molar refractivity (Wildman–Crippen MR) is 66.9 cm³/mol. The van der Waals surface area contributed by atoms with Gasteiger partial charge in [-0.2, -0.15) is 0 Å². The molecule has 0 atom stereocenters. The van der Waals surface area contributed by atoms with E-state index in [0.29, 0.717) is 0 Å². The summed E-state index contributed by atoms with van der Waals surface area (Å²) >= 11 is 0. The normalized spacial score (nSPS) is 13.9. The van der Waals surface area contributed by atoms with Crippen molar-refractivity contribution in [2.45, 2.75) is 66.1 Å². The minimum absolute atomic E-state index is 1.11. The molecular weight excluding hydrogens is 188 g/mol. The van der Waals surface area contributed by atoms with Gasteiger partial charge < -0.3 is 4.43 Å². The van der Waals surface area contributed by atoms with Gasteiger partial charge in [0.15, 0.2) is 0 Å². The summed E-state index contributed by atoms with van der Waals surface area (Å²) in [5.41, 5.74) is 1.46. The lowest BCUT2D eigenvalue weighted by Crippen LogP contribution is -2.25. The zero-order chi connectivity index (χ0) is 11.2. The summed E-state index contributed by atoms with van der Waals surface area (Å²) in [4.78, 5) is 0. The zero-order valence-corrected chi connectivity index (χ0v) is 11.7. The molecule has 84 valence electrons. The van der Waals surface area contributed by atoms with E-state index in [2.05, 4.69) is 40.4 Å². The Balaban J connectivity index is 4.49. The Bertz CT molecular complexity index is 189. The summed E-state index contributed by atoms with van der Waals surface area (Å²) in [6, 6.07) is 0. The molecule has 0 aromatic heterocycles. The van der Waals surface area contributed by atoms with Crippen LogP contribution in [0.3, 0.4) is 0 Å². The van der Waals surface area contributed by atoms with Gasteiger partial charge in [0, 0.05) is 6.42 Å². The molecule has 0 aliphatic carbocycles. The Morgan fingerprint density at radius 1 is 1.00 bits per heavy atom. The molecule has 0 aromatic carbocycles. The van der Waals surface area contributed by atoms with Crippen LogP contribution in [-0.2, 0) is 4.43 Å². The molecule has 0 saturated carbocycles. The average Bonchev–Trinajstić information content (AvgIpc) is 2.01. The second-order valence-corrected chi connectivity index (χ2v) is 9.35. The van der Waals surface area contributed by atoms with E-state index in [1.165, 1.54) is 30.6 Å². The van der Waals surface area contributed by atoms with Crippen LogP contribution in [0.15, 0.2) is 11.3 Å². The summed E-state index contributed by atoms with van der Waals surface area (Å²) in [5, 5.41) is 0. The van der Waals surface area contributed by atoms with E-state index >= 15 is 0 Å². The van der Waals surface area contributed by atoms with Crippen LogP contribution in [0.1, 0.15) is 46.5 Å². The molecular formula is C12H26OSi. The van der Waals surface area contributed by atoms with Crippen LogP contribution in [0.5, 0.6) is 0 Å². The second-order valence-electron chi connectivity index (χ2n) is 4.92. The van der Waals surface area contributed by atoms with Crippen LogP contribution in [0, 0.1) is 0 Å². The van der Waals surface area contributed by atoms with E-state index in [9.17, 15) is 0 Å². The van der Waals surface area contributed by atoms with E-state index in [1.54, 1.807) is 0 Å². The maximum absolute atomic E-state index is 6.11. The summed E-state index contributed by atoms with van der Waals surface area (Å²) in [6.45, 7) is 13.4. The van der Waals surface area contributed by atoms with Crippen molar-refractivity contribution in [3.05, 3.63) is 11.3 Å². The summed E-state index contributed by atoms with van der Waals surface area (Å²) in [5.74, 6) is 1.27. The quantitative estimate of drug-likeness (QED) is 0.459. The van der Waals surface area contributed by atoms with Crippen LogP contribution >= 0.6 is 0 Å². The highest BCUT2D eigenvalue weighted by atomic mass is 28.4. The van der Waals surface area contributed by atoms with Gasteiger partial charge in [0.25, 0.3) is 0 Å². The first-order chi connectivity index (χ1) is 6.40. The van der Waals surface area contributed by atoms with Gasteiger partial charge in [-0.05, 0) is 45.0 Å². The van der Waals surface area contributed by atoms with Gasteiger partial charge in [-0.25, -0.2) is 0 Å². The molecule has 0 rings (SSSR count). The number of allylic oxidation sites excluding steroid dienone is 2. The molecule has 0 spiro atoms. The van der Waals surface area contributed by atoms with Crippen LogP contribution in [0.2, 0.25) is 19.6 Å². The highest BCUT2D eigenvalue weighted by molar-refractivity contribution is 6.70. The molecule has 1 nitrogen and oxygen atoms in total. The van der Waals surface area contributed by atoms with Gasteiger partial charge in [-0.3, -0.25) is 0 Å². The first-order valence-corrected chi connectivity index (χ1v) is 9.19. The number of rotatable bonds is 6. The molecule has 0 unspecified atom stereocenters. The number of hydrogen-bond donors (Lipinski definition) is 0. The van der Waals surface area contributed by atoms with E-state index < -0.39 is 8.32 Å². The largest absolute Gasteiger partial charge is 0.547 e. The molecule has 0 aliphatic rings. The smallest absolute Gasteiger partial charge is 0.241 e. The highest BCUT2D eigenvalue weighted by Gasteiger charge is 2.18. The van der Waals surface area contributed by atoms with Gasteiger partial charge >= 0.3 is 0 Å². The van der Waals surface area contributed by atoms with E-state index in [1.807, 2.05) is 0 Å². The fourth-order valence-corrected chi connectivity index (χ4v) is 2.48. The van der Waals surface area contributed by atoms with Crippen molar-refractivity contribution in [1.29, 1.82) is 0 Å². The first kappa shape index (κ1) is 13.8. The Morgan fingerprint density at radius 2 is 1.50 bits per heavy atom. The van der Waals surface area contributed by atoms with Crippen LogP contribution in [0.25, 0.3) is 0 Å². The molecule has 0 N–H and O–H groups in total. The van der Waals surface area contributed by atoms with Gasteiger partial charge in [0.2, 0.25) is 8.32 Å². The van der Waals surface area contributed by atoms with Gasteiger partial charge in [-0.15, -0.1) is 0 Å². The van der Waals surface area contributed by atoms with Crippen LogP contribution < -0.4 is 0 Å². The van der Waals surface area contributed by atoms with E-state index in [-0.39, 0.29) is 0 Å². The molecule has 0 fully saturated rings. The van der Waals surface area contributed by atoms with Gasteiger partial charge in [0.05, 0.1) is 5.76 Å². The van der Waals surface area contributed by atoms with Crippen molar-refractivity contribution in [3.8, 4) is 0 Å².